The van der Waals surface area contributed by atoms with Crippen LogP contribution in [0.25, 0.3) is 5.76 Å². The molecule has 1 unspecified atom stereocenters. The number of primary sulfonamides is 1. The second-order valence-electron chi connectivity index (χ2n) is 8.36. The first kappa shape index (κ1) is 25.9. The first-order chi connectivity index (χ1) is 17.7. The van der Waals surface area contributed by atoms with E-state index in [2.05, 4.69) is 0 Å². The number of hydrogen-bond acceptors (Lipinski definition) is 7. The van der Waals surface area contributed by atoms with E-state index in [9.17, 15) is 23.1 Å². The van der Waals surface area contributed by atoms with Crippen LogP contribution in [0.1, 0.15) is 30.5 Å². The summed E-state index contributed by atoms with van der Waals surface area (Å²) in [4.78, 5) is 27.7. The summed E-state index contributed by atoms with van der Waals surface area (Å²) in [5, 5.41) is 16.5. The molecule has 192 valence electrons. The van der Waals surface area contributed by atoms with E-state index in [1.54, 1.807) is 48.5 Å². The van der Waals surface area contributed by atoms with Gasteiger partial charge in [-0.2, -0.15) is 0 Å². The molecule has 0 saturated carbocycles. The van der Waals surface area contributed by atoms with Gasteiger partial charge in [-0.15, -0.1) is 0 Å². The molecule has 3 N–H and O–H groups in total. The van der Waals surface area contributed by atoms with Crippen molar-refractivity contribution in [2.45, 2.75) is 24.3 Å². The van der Waals surface area contributed by atoms with Gasteiger partial charge in [-0.1, -0.05) is 31.2 Å². The summed E-state index contributed by atoms with van der Waals surface area (Å²) in [6.45, 7) is 2.45. The van der Waals surface area contributed by atoms with Gasteiger partial charge in [0.05, 0.1) is 30.2 Å². The van der Waals surface area contributed by atoms with Gasteiger partial charge in [-0.3, -0.25) is 14.5 Å². The van der Waals surface area contributed by atoms with Gasteiger partial charge in [0, 0.05) is 11.3 Å². The average molecular weight is 523 g/mol. The Morgan fingerprint density at radius 2 is 1.68 bits per heavy atom. The SMILES string of the molecule is CCCOc1cccc(/C(O)=C2\C(=O)C(=O)N(c3ccc(S(N)(=O)=O)cc3)C2c2cccc(OC)c2)c1. The normalized spacial score (nSPS) is 17.2. The van der Waals surface area contributed by atoms with Crippen LogP contribution in [0.4, 0.5) is 5.69 Å². The maximum absolute atomic E-state index is 13.3. The van der Waals surface area contributed by atoms with Gasteiger partial charge in [-0.25, -0.2) is 13.6 Å². The first-order valence-electron chi connectivity index (χ1n) is 11.5. The number of methoxy groups -OCH3 is 1. The highest BCUT2D eigenvalue weighted by molar-refractivity contribution is 7.89. The number of amides is 1. The number of benzene rings is 3. The quantitative estimate of drug-likeness (QED) is 0.261. The zero-order chi connectivity index (χ0) is 26.7. The molecule has 10 heteroatoms. The van der Waals surface area contributed by atoms with Gasteiger partial charge < -0.3 is 14.6 Å². The van der Waals surface area contributed by atoms with Gasteiger partial charge in [0.25, 0.3) is 11.7 Å². The summed E-state index contributed by atoms with van der Waals surface area (Å²) in [7, 11) is -2.47. The van der Waals surface area contributed by atoms with Crippen molar-refractivity contribution in [3.63, 3.8) is 0 Å². The number of ether oxygens (including phenoxy) is 2. The fourth-order valence-corrected chi connectivity index (χ4v) is 4.65. The van der Waals surface area contributed by atoms with Gasteiger partial charge in [0.2, 0.25) is 10.0 Å². The maximum atomic E-state index is 13.3. The average Bonchev–Trinajstić information content (AvgIpc) is 3.17. The topological polar surface area (TPSA) is 136 Å². The molecule has 1 aliphatic heterocycles. The molecule has 1 heterocycles. The van der Waals surface area contributed by atoms with Crippen molar-refractivity contribution in [2.75, 3.05) is 18.6 Å². The Balaban J connectivity index is 1.90. The lowest BCUT2D eigenvalue weighted by Gasteiger charge is -2.26. The number of aliphatic hydroxyl groups excluding tert-OH is 1. The third kappa shape index (κ3) is 5.20. The van der Waals surface area contributed by atoms with E-state index in [1.807, 2.05) is 6.92 Å². The van der Waals surface area contributed by atoms with Crippen LogP contribution in [0.15, 0.2) is 83.3 Å². The highest BCUT2D eigenvalue weighted by Gasteiger charge is 2.47. The Kier molecular flexibility index (Phi) is 7.33. The van der Waals surface area contributed by atoms with Crippen LogP contribution in [-0.4, -0.2) is 38.9 Å². The molecule has 4 rings (SSSR count). The number of carbonyl (C=O) groups is 2. The minimum atomic E-state index is -3.96. The molecule has 1 saturated heterocycles. The summed E-state index contributed by atoms with van der Waals surface area (Å²) in [5.41, 5.74) is 0.945. The summed E-state index contributed by atoms with van der Waals surface area (Å²) < 4.78 is 34.4. The lowest BCUT2D eigenvalue weighted by molar-refractivity contribution is -0.132. The Bertz CT molecular complexity index is 1480. The van der Waals surface area contributed by atoms with Crippen molar-refractivity contribution in [3.05, 3.63) is 89.5 Å². The van der Waals surface area contributed by atoms with Crippen LogP contribution in [0.2, 0.25) is 0 Å². The highest BCUT2D eigenvalue weighted by atomic mass is 32.2. The van der Waals surface area contributed by atoms with E-state index < -0.39 is 27.8 Å². The molecule has 9 nitrogen and oxygen atoms in total. The largest absolute Gasteiger partial charge is 0.507 e. The first-order valence-corrected chi connectivity index (χ1v) is 13.0. The molecule has 37 heavy (non-hydrogen) atoms. The summed E-state index contributed by atoms with van der Waals surface area (Å²) >= 11 is 0. The molecule has 1 atom stereocenters. The number of sulfonamides is 1. The van der Waals surface area contributed by atoms with Crippen molar-refractivity contribution < 1.29 is 32.6 Å². The molecule has 0 bridgehead atoms. The monoisotopic (exact) mass is 522 g/mol. The number of anilines is 1. The van der Waals surface area contributed by atoms with Gasteiger partial charge in [-0.05, 0) is 60.5 Å². The van der Waals surface area contributed by atoms with Crippen molar-refractivity contribution in [2.24, 2.45) is 5.14 Å². The second-order valence-corrected chi connectivity index (χ2v) is 9.92. The summed E-state index contributed by atoms with van der Waals surface area (Å²) in [6.07, 6.45) is 0.793. The third-order valence-corrected chi connectivity index (χ3v) is 6.81. The molecule has 3 aromatic carbocycles. The van der Waals surface area contributed by atoms with Crippen molar-refractivity contribution in [1.29, 1.82) is 0 Å². The molecule has 0 spiro atoms. The summed E-state index contributed by atoms with van der Waals surface area (Å²) in [6, 6.07) is 17.7. The fourth-order valence-electron chi connectivity index (χ4n) is 4.13. The minimum absolute atomic E-state index is 0.124. The van der Waals surface area contributed by atoms with Crippen LogP contribution < -0.4 is 19.5 Å². The zero-order valence-electron chi connectivity index (χ0n) is 20.2. The second kappa shape index (κ2) is 10.5. The molecule has 0 aliphatic carbocycles. The number of carbonyl (C=O) groups excluding carboxylic acids is 2. The van der Waals surface area contributed by atoms with Gasteiger partial charge >= 0.3 is 0 Å². The molecule has 1 amide bonds. The maximum Gasteiger partial charge on any atom is 0.300 e. The lowest BCUT2D eigenvalue weighted by atomic mass is 9.95. The van der Waals surface area contributed by atoms with Crippen molar-refractivity contribution in [3.8, 4) is 11.5 Å². The van der Waals surface area contributed by atoms with Gasteiger partial charge in [0.1, 0.15) is 17.3 Å². The van der Waals surface area contributed by atoms with Gasteiger partial charge in [0.15, 0.2) is 0 Å². The number of Topliss-reactive ketones (excluding diaryl/α,β-unsaturated/α-hetero) is 1. The van der Waals surface area contributed by atoms with Crippen molar-refractivity contribution >= 4 is 33.2 Å². The standard InChI is InChI=1S/C27H26N2O7S/c1-3-14-36-21-9-5-7-18(16-21)25(30)23-24(17-6-4-8-20(15-17)35-2)29(27(32)26(23)31)19-10-12-22(13-11-19)37(28,33)34/h4-13,15-16,24,30H,3,14H2,1-2H3,(H2,28,33,34)/b25-23+. The fraction of sp³-hybridized carbons (Fsp3) is 0.185. The van der Waals surface area contributed by atoms with E-state index in [4.69, 9.17) is 14.6 Å². The number of hydrogen-bond donors (Lipinski definition) is 2. The number of ketones is 1. The van der Waals surface area contributed by atoms with E-state index in [0.29, 0.717) is 29.2 Å². The number of aliphatic hydroxyl groups is 1. The Morgan fingerprint density at radius 1 is 1.00 bits per heavy atom. The van der Waals surface area contributed by atoms with Crippen molar-refractivity contribution in [1.82, 2.24) is 0 Å². The summed E-state index contributed by atoms with van der Waals surface area (Å²) in [5.74, 6) is -1.13. The van der Waals surface area contributed by atoms with Crippen LogP contribution in [0.5, 0.6) is 11.5 Å². The van der Waals surface area contributed by atoms with Crippen LogP contribution >= 0.6 is 0 Å². The van der Waals surface area contributed by atoms with E-state index in [1.165, 1.54) is 36.3 Å². The molecule has 0 radical (unpaired) electrons. The Labute approximate surface area is 214 Å². The van der Waals surface area contributed by atoms with Crippen LogP contribution in [-0.2, 0) is 19.6 Å². The molecule has 1 fully saturated rings. The zero-order valence-corrected chi connectivity index (χ0v) is 21.1. The molecule has 1 aliphatic rings. The van der Waals surface area contributed by atoms with Crippen LogP contribution in [0.3, 0.4) is 0 Å². The molecule has 0 aromatic heterocycles. The van der Waals surface area contributed by atoms with E-state index >= 15 is 0 Å². The Morgan fingerprint density at radius 3 is 2.32 bits per heavy atom. The smallest absolute Gasteiger partial charge is 0.300 e. The molecule has 3 aromatic rings. The predicted octanol–water partition coefficient (Wildman–Crippen LogP) is 3.76. The molecular weight excluding hydrogens is 496 g/mol. The highest BCUT2D eigenvalue weighted by Crippen LogP contribution is 2.43. The molecular formula is C27H26N2O7S. The van der Waals surface area contributed by atoms with E-state index in [0.717, 1.165) is 6.42 Å². The van der Waals surface area contributed by atoms with E-state index in [-0.39, 0.29) is 21.9 Å². The van der Waals surface area contributed by atoms with Crippen LogP contribution in [0, 0.1) is 0 Å². The predicted molar refractivity (Wildman–Crippen MR) is 138 cm³/mol. The Hall–Kier alpha value is -4.15. The number of nitrogens with zero attached hydrogens (tertiary/aromatic N) is 1. The minimum Gasteiger partial charge on any atom is -0.507 e. The third-order valence-electron chi connectivity index (χ3n) is 5.88. The lowest BCUT2D eigenvalue weighted by Crippen LogP contribution is -2.29. The number of nitrogens with two attached hydrogens (primary N) is 1. The number of rotatable bonds is 8.